The van der Waals surface area contributed by atoms with E-state index >= 15 is 0 Å². The van der Waals surface area contributed by atoms with Crippen LogP contribution in [0.1, 0.15) is 19.8 Å². The van der Waals surface area contributed by atoms with E-state index in [1.54, 1.807) is 4.90 Å². The molecule has 0 radical (unpaired) electrons. The highest BCUT2D eigenvalue weighted by atomic mass is 16.4. The fraction of sp³-hybridized carbons (Fsp3) is 0.833. The van der Waals surface area contributed by atoms with Crippen molar-refractivity contribution >= 4 is 12.0 Å². The zero-order chi connectivity index (χ0) is 14.8. The van der Waals surface area contributed by atoms with E-state index in [0.29, 0.717) is 13.1 Å². The molecule has 0 aliphatic rings. The Morgan fingerprint density at radius 2 is 1.89 bits per heavy atom. The van der Waals surface area contributed by atoms with Crippen LogP contribution in [-0.4, -0.2) is 78.4 Å². The highest BCUT2D eigenvalue weighted by Crippen LogP contribution is 1.95. The van der Waals surface area contributed by atoms with Crippen molar-refractivity contribution in [2.45, 2.75) is 25.9 Å². The Balaban J connectivity index is 3.91. The Morgan fingerprint density at radius 3 is 2.37 bits per heavy atom. The van der Waals surface area contributed by atoms with Crippen molar-refractivity contribution in [3.8, 4) is 0 Å². The van der Waals surface area contributed by atoms with Gasteiger partial charge in [0.05, 0.1) is 0 Å². The van der Waals surface area contributed by atoms with Crippen molar-refractivity contribution in [3.63, 3.8) is 0 Å². The average Bonchev–Trinajstić information content (AvgIpc) is 2.33. The van der Waals surface area contributed by atoms with Crippen LogP contribution >= 0.6 is 0 Å². The highest BCUT2D eigenvalue weighted by molar-refractivity contribution is 5.74. The lowest BCUT2D eigenvalue weighted by molar-refractivity contribution is -0.146. The van der Waals surface area contributed by atoms with E-state index in [2.05, 4.69) is 10.2 Å². The third-order valence-electron chi connectivity index (χ3n) is 2.68. The minimum atomic E-state index is -1.43. The molecule has 0 aliphatic heterocycles. The molecule has 3 N–H and O–H groups in total. The summed E-state index contributed by atoms with van der Waals surface area (Å²) in [4.78, 5) is 25.9. The minimum Gasteiger partial charge on any atom is -0.479 e. The number of hydrogen-bond donors (Lipinski definition) is 3. The van der Waals surface area contributed by atoms with Gasteiger partial charge in [0.15, 0.2) is 6.10 Å². The summed E-state index contributed by atoms with van der Waals surface area (Å²) in [5.41, 5.74) is 0. The first-order chi connectivity index (χ1) is 8.88. The molecule has 0 aromatic rings. The molecule has 0 unspecified atom stereocenters. The van der Waals surface area contributed by atoms with Gasteiger partial charge in [-0.05, 0) is 34.0 Å². The largest absolute Gasteiger partial charge is 0.479 e. The van der Waals surface area contributed by atoms with E-state index in [9.17, 15) is 9.59 Å². The van der Waals surface area contributed by atoms with Gasteiger partial charge in [-0.2, -0.15) is 0 Å². The van der Waals surface area contributed by atoms with Gasteiger partial charge < -0.3 is 25.3 Å². The highest BCUT2D eigenvalue weighted by Gasteiger charge is 2.15. The van der Waals surface area contributed by atoms with Crippen molar-refractivity contribution in [3.05, 3.63) is 0 Å². The van der Waals surface area contributed by atoms with Crippen molar-refractivity contribution in [1.82, 2.24) is 15.1 Å². The van der Waals surface area contributed by atoms with Crippen LogP contribution in [0.4, 0.5) is 4.79 Å². The molecule has 0 fully saturated rings. The molecule has 0 bridgehead atoms. The number of carbonyl (C=O) groups is 2. The van der Waals surface area contributed by atoms with Gasteiger partial charge in [0.1, 0.15) is 0 Å². The van der Waals surface area contributed by atoms with Crippen LogP contribution < -0.4 is 5.32 Å². The van der Waals surface area contributed by atoms with E-state index in [4.69, 9.17) is 10.2 Å². The average molecular weight is 275 g/mol. The number of aliphatic carboxylic acids is 1. The Hall–Kier alpha value is -1.34. The maximum Gasteiger partial charge on any atom is 0.332 e. The molecule has 19 heavy (non-hydrogen) atoms. The van der Waals surface area contributed by atoms with E-state index < -0.39 is 12.1 Å². The van der Waals surface area contributed by atoms with Gasteiger partial charge in [-0.15, -0.1) is 0 Å². The van der Waals surface area contributed by atoms with Crippen LogP contribution in [0.5, 0.6) is 0 Å². The quantitative estimate of drug-likeness (QED) is 0.542. The Morgan fingerprint density at radius 1 is 1.26 bits per heavy atom. The maximum absolute atomic E-state index is 11.8. The molecule has 0 aromatic heterocycles. The lowest BCUT2D eigenvalue weighted by Crippen LogP contribution is -2.42. The third-order valence-corrected chi connectivity index (χ3v) is 2.68. The fourth-order valence-corrected chi connectivity index (χ4v) is 1.53. The molecule has 7 heteroatoms. The van der Waals surface area contributed by atoms with Crippen LogP contribution in [0.15, 0.2) is 0 Å². The zero-order valence-corrected chi connectivity index (χ0v) is 11.9. The summed E-state index contributed by atoms with van der Waals surface area (Å²) < 4.78 is 0. The molecule has 0 aromatic carbocycles. The van der Waals surface area contributed by atoms with Gasteiger partial charge in [0.2, 0.25) is 0 Å². The summed E-state index contributed by atoms with van der Waals surface area (Å²) in [5, 5.41) is 20.2. The molecular weight excluding hydrogens is 250 g/mol. The third kappa shape index (κ3) is 8.39. The van der Waals surface area contributed by atoms with Crippen LogP contribution in [0, 0.1) is 0 Å². The molecule has 2 amide bonds. The van der Waals surface area contributed by atoms with Crippen LogP contribution in [0.25, 0.3) is 0 Å². The first kappa shape index (κ1) is 17.7. The number of nitrogens with one attached hydrogen (secondary N) is 1. The molecule has 0 aliphatic carbocycles. The number of carboxylic acid groups (broad SMARTS) is 1. The predicted molar refractivity (Wildman–Crippen MR) is 72.1 cm³/mol. The second-order valence-electron chi connectivity index (χ2n) is 4.61. The minimum absolute atomic E-state index is 0.0102. The summed E-state index contributed by atoms with van der Waals surface area (Å²) in [6.07, 6.45) is -0.536. The summed E-state index contributed by atoms with van der Waals surface area (Å²) in [7, 11) is 3.95. The normalized spacial score (nSPS) is 12.3. The van der Waals surface area contributed by atoms with E-state index in [1.807, 2.05) is 21.0 Å². The molecule has 0 saturated heterocycles. The number of carbonyl (C=O) groups excluding carboxylic acids is 1. The van der Waals surface area contributed by atoms with Gasteiger partial charge in [0, 0.05) is 26.1 Å². The van der Waals surface area contributed by atoms with Gasteiger partial charge in [-0.25, -0.2) is 9.59 Å². The lowest BCUT2D eigenvalue weighted by Gasteiger charge is -2.22. The Bertz CT molecular complexity index is 284. The monoisotopic (exact) mass is 275 g/mol. The van der Waals surface area contributed by atoms with Crippen molar-refractivity contribution < 1.29 is 19.8 Å². The van der Waals surface area contributed by atoms with E-state index in [1.165, 1.54) is 0 Å². The number of aliphatic hydroxyl groups excluding tert-OH is 1. The summed E-state index contributed by atoms with van der Waals surface area (Å²) in [6.45, 7) is 4.20. The number of nitrogens with zero attached hydrogens (tertiary/aromatic N) is 2. The van der Waals surface area contributed by atoms with Crippen molar-refractivity contribution in [2.75, 3.05) is 40.3 Å². The molecule has 1 atom stereocenters. The summed E-state index contributed by atoms with van der Waals surface area (Å²) >= 11 is 0. The fourth-order valence-electron chi connectivity index (χ4n) is 1.53. The van der Waals surface area contributed by atoms with Gasteiger partial charge in [-0.1, -0.05) is 0 Å². The number of aliphatic hydroxyl groups is 1. The maximum atomic E-state index is 11.8. The van der Waals surface area contributed by atoms with Gasteiger partial charge >= 0.3 is 12.0 Å². The second-order valence-corrected chi connectivity index (χ2v) is 4.61. The van der Waals surface area contributed by atoms with Gasteiger partial charge in [0.25, 0.3) is 0 Å². The SMILES string of the molecule is CCN(CCCN(C)C)C(=O)NCC[C@H](O)C(=O)O. The molecule has 112 valence electrons. The number of amides is 2. The van der Waals surface area contributed by atoms with E-state index in [0.717, 1.165) is 13.0 Å². The Kier molecular flexibility index (Phi) is 8.90. The van der Waals surface area contributed by atoms with Crippen LogP contribution in [-0.2, 0) is 4.79 Å². The standard InChI is InChI=1S/C12H25N3O4/c1-4-15(9-5-8-14(2)3)12(19)13-7-6-10(16)11(17)18/h10,16H,4-9H2,1-3H3,(H,13,19)(H,17,18)/t10-/m0/s1. The zero-order valence-electron chi connectivity index (χ0n) is 11.9. The number of rotatable bonds is 9. The topological polar surface area (TPSA) is 93.1 Å². The lowest BCUT2D eigenvalue weighted by atomic mass is 10.2. The molecule has 0 rings (SSSR count). The first-order valence-corrected chi connectivity index (χ1v) is 6.46. The molecule has 0 heterocycles. The smallest absolute Gasteiger partial charge is 0.332 e. The van der Waals surface area contributed by atoms with E-state index in [-0.39, 0.29) is 19.0 Å². The number of hydrogen-bond acceptors (Lipinski definition) is 4. The summed E-state index contributed by atoms with van der Waals surface area (Å²) in [5.74, 6) is -1.27. The number of urea groups is 1. The Labute approximate surface area is 114 Å². The molecular formula is C12H25N3O4. The molecule has 0 saturated carbocycles. The number of carboxylic acids is 1. The molecule has 7 nitrogen and oxygen atoms in total. The molecule has 0 spiro atoms. The van der Waals surface area contributed by atoms with Crippen LogP contribution in [0.3, 0.4) is 0 Å². The van der Waals surface area contributed by atoms with Crippen molar-refractivity contribution in [1.29, 1.82) is 0 Å². The van der Waals surface area contributed by atoms with Crippen LogP contribution in [0.2, 0.25) is 0 Å². The second kappa shape index (κ2) is 9.57. The van der Waals surface area contributed by atoms with Crippen molar-refractivity contribution in [2.24, 2.45) is 0 Å². The first-order valence-electron chi connectivity index (χ1n) is 6.46. The van der Waals surface area contributed by atoms with Gasteiger partial charge in [-0.3, -0.25) is 0 Å². The predicted octanol–water partition coefficient (Wildman–Crippen LogP) is -0.195. The summed E-state index contributed by atoms with van der Waals surface area (Å²) in [6, 6.07) is -0.223.